The molecule has 34 heavy (non-hydrogen) atoms. The molecule has 11 heteroatoms. The lowest BCUT2D eigenvalue weighted by Gasteiger charge is -2.53. The molecule has 1 aliphatic heterocycles. The number of anilines is 2. The summed E-state index contributed by atoms with van der Waals surface area (Å²) >= 11 is 0. The van der Waals surface area contributed by atoms with Crippen molar-refractivity contribution in [3.63, 3.8) is 0 Å². The SMILES string of the molecule is Cn1nc(-c2cn(C(C3CC3)C3CC3)c(=O)c3c(N)n[nH]c23)cc1N1CCS(O)(O)C(C)(C)C1. The Labute approximate surface area is 199 Å². The summed E-state index contributed by atoms with van der Waals surface area (Å²) in [7, 11) is -0.754. The molecule has 2 saturated carbocycles. The van der Waals surface area contributed by atoms with E-state index in [-0.39, 0.29) is 17.4 Å². The number of aryl methyl sites for hydroxylation is 1. The number of nitrogens with two attached hydrogens (primary N) is 1. The second-order valence-corrected chi connectivity index (χ2v) is 13.7. The monoisotopic (exact) mass is 487 g/mol. The predicted octanol–water partition coefficient (Wildman–Crippen LogP) is 3.42. The normalized spacial score (nSPS) is 23.1. The molecule has 0 amide bonds. The van der Waals surface area contributed by atoms with Crippen molar-refractivity contribution in [1.82, 2.24) is 24.5 Å². The quantitative estimate of drug-likeness (QED) is 0.432. The Morgan fingerprint density at radius 1 is 1.24 bits per heavy atom. The molecule has 3 aromatic heterocycles. The molecule has 3 aliphatic rings. The molecule has 3 aromatic rings. The Morgan fingerprint density at radius 2 is 1.91 bits per heavy atom. The third-order valence-electron chi connectivity index (χ3n) is 7.87. The first-order valence-corrected chi connectivity index (χ1v) is 13.7. The van der Waals surface area contributed by atoms with Crippen LogP contribution in [0.15, 0.2) is 17.1 Å². The topological polar surface area (TPSA) is 138 Å². The van der Waals surface area contributed by atoms with Crippen LogP contribution in [0.1, 0.15) is 45.6 Å². The summed E-state index contributed by atoms with van der Waals surface area (Å²) in [6, 6.07) is 2.22. The first-order chi connectivity index (χ1) is 16.1. The van der Waals surface area contributed by atoms with Gasteiger partial charge in [-0.1, -0.05) is 0 Å². The van der Waals surface area contributed by atoms with E-state index in [4.69, 9.17) is 10.8 Å². The molecule has 6 rings (SSSR count). The van der Waals surface area contributed by atoms with Crippen LogP contribution in [0.2, 0.25) is 0 Å². The summed E-state index contributed by atoms with van der Waals surface area (Å²) in [4.78, 5) is 15.6. The number of rotatable bonds is 5. The van der Waals surface area contributed by atoms with Crippen LogP contribution in [0.5, 0.6) is 0 Å². The molecule has 0 radical (unpaired) electrons. The Hall–Kier alpha value is -2.50. The van der Waals surface area contributed by atoms with E-state index < -0.39 is 15.3 Å². The van der Waals surface area contributed by atoms with E-state index in [1.54, 1.807) is 0 Å². The summed E-state index contributed by atoms with van der Waals surface area (Å²) < 4.78 is 24.1. The van der Waals surface area contributed by atoms with Crippen LogP contribution in [-0.4, -0.2) is 57.2 Å². The van der Waals surface area contributed by atoms with Crippen LogP contribution < -0.4 is 16.2 Å². The van der Waals surface area contributed by atoms with Gasteiger partial charge in [0.15, 0.2) is 5.82 Å². The molecule has 5 N–H and O–H groups in total. The van der Waals surface area contributed by atoms with Crippen molar-refractivity contribution >= 4 is 33.1 Å². The van der Waals surface area contributed by atoms with Crippen molar-refractivity contribution in [2.45, 2.75) is 50.3 Å². The van der Waals surface area contributed by atoms with Crippen LogP contribution in [0, 0.1) is 11.8 Å². The number of fused-ring (bicyclic) bond motifs is 1. The van der Waals surface area contributed by atoms with E-state index >= 15 is 0 Å². The smallest absolute Gasteiger partial charge is 0.264 e. The standard InChI is InChI=1S/C23H33N7O3S/c1-23(2)12-29(8-9-34(23,32)33)17-10-16(27-28(17)3)15-11-30(20(13-4-5-13)14-6-7-14)22(31)18-19(15)25-26-21(18)24/h10-11,13-14,20,32-33H,4-9,12H2,1-3H3,(H3,24,25,26). The fourth-order valence-electron chi connectivity index (χ4n) is 5.53. The molecule has 1 saturated heterocycles. The van der Waals surface area contributed by atoms with Crippen molar-refractivity contribution in [3.8, 4) is 11.3 Å². The fraction of sp³-hybridized carbons (Fsp3) is 0.609. The zero-order valence-corrected chi connectivity index (χ0v) is 20.7. The minimum Gasteiger partial charge on any atom is -0.382 e. The highest BCUT2D eigenvalue weighted by Crippen LogP contribution is 2.55. The third kappa shape index (κ3) is 3.36. The third-order valence-corrected chi connectivity index (χ3v) is 10.5. The maximum absolute atomic E-state index is 13.5. The highest BCUT2D eigenvalue weighted by atomic mass is 32.3. The molecule has 0 aromatic carbocycles. The minimum absolute atomic E-state index is 0.0760. The molecule has 2 aliphatic carbocycles. The highest BCUT2D eigenvalue weighted by molar-refractivity contribution is 8.25. The van der Waals surface area contributed by atoms with Crippen LogP contribution in [0.25, 0.3) is 22.2 Å². The van der Waals surface area contributed by atoms with Crippen molar-refractivity contribution in [2.75, 3.05) is 29.5 Å². The molecule has 0 bridgehead atoms. The summed E-state index contributed by atoms with van der Waals surface area (Å²) in [5, 5.41) is 12.4. The molecule has 0 spiro atoms. The fourth-order valence-corrected chi connectivity index (χ4v) is 6.92. The summed E-state index contributed by atoms with van der Waals surface area (Å²) in [5.74, 6) is 2.56. The molecular weight excluding hydrogens is 454 g/mol. The number of hydrogen-bond acceptors (Lipinski definition) is 7. The molecule has 10 nitrogen and oxygen atoms in total. The molecule has 3 fully saturated rings. The largest absolute Gasteiger partial charge is 0.382 e. The summed E-state index contributed by atoms with van der Waals surface area (Å²) in [6.45, 7) is 4.86. The van der Waals surface area contributed by atoms with Gasteiger partial charge in [-0.25, -0.2) is 0 Å². The van der Waals surface area contributed by atoms with E-state index in [1.807, 2.05) is 42.4 Å². The van der Waals surface area contributed by atoms with E-state index in [9.17, 15) is 13.9 Å². The van der Waals surface area contributed by atoms with Gasteiger partial charge in [-0.3, -0.25) is 23.7 Å². The predicted molar refractivity (Wildman–Crippen MR) is 135 cm³/mol. The van der Waals surface area contributed by atoms with E-state index in [2.05, 4.69) is 15.1 Å². The Morgan fingerprint density at radius 3 is 2.53 bits per heavy atom. The molecule has 4 heterocycles. The average Bonchev–Trinajstić information content (AvgIpc) is 3.70. The van der Waals surface area contributed by atoms with Crippen molar-refractivity contribution in [2.24, 2.45) is 18.9 Å². The lowest BCUT2D eigenvalue weighted by Crippen LogP contribution is -2.50. The summed E-state index contributed by atoms with van der Waals surface area (Å²) in [5.41, 5.74) is 8.23. The van der Waals surface area contributed by atoms with Crippen molar-refractivity contribution < 1.29 is 9.11 Å². The average molecular weight is 488 g/mol. The van der Waals surface area contributed by atoms with Gasteiger partial charge in [0.05, 0.1) is 21.7 Å². The number of pyridine rings is 1. The van der Waals surface area contributed by atoms with Gasteiger partial charge in [0, 0.05) is 44.0 Å². The van der Waals surface area contributed by atoms with Gasteiger partial charge in [0.25, 0.3) is 5.56 Å². The number of aromatic nitrogens is 5. The second-order valence-electron chi connectivity index (χ2n) is 10.8. The van der Waals surface area contributed by atoms with E-state index in [0.717, 1.165) is 17.1 Å². The molecule has 0 unspecified atom stereocenters. The van der Waals surface area contributed by atoms with Gasteiger partial charge >= 0.3 is 0 Å². The van der Waals surface area contributed by atoms with E-state index in [1.165, 1.54) is 25.7 Å². The van der Waals surface area contributed by atoms with Gasteiger partial charge in [-0.15, -0.1) is 0 Å². The van der Waals surface area contributed by atoms with Gasteiger partial charge in [-0.2, -0.15) is 20.8 Å². The lowest BCUT2D eigenvalue weighted by atomic mass is 10.0. The number of nitrogens with zero attached hydrogens (tertiary/aromatic N) is 5. The first-order valence-electron chi connectivity index (χ1n) is 12.0. The summed E-state index contributed by atoms with van der Waals surface area (Å²) in [6.07, 6.45) is 6.62. The van der Waals surface area contributed by atoms with Crippen LogP contribution >= 0.6 is 10.6 Å². The highest BCUT2D eigenvalue weighted by Gasteiger charge is 2.44. The number of nitrogens with one attached hydrogen (secondary N) is 1. The van der Waals surface area contributed by atoms with Gasteiger partial charge in [-0.05, 0) is 51.4 Å². The van der Waals surface area contributed by atoms with Crippen LogP contribution in [0.4, 0.5) is 11.6 Å². The van der Waals surface area contributed by atoms with Gasteiger partial charge in [0.1, 0.15) is 11.2 Å². The zero-order valence-electron chi connectivity index (χ0n) is 19.9. The maximum atomic E-state index is 13.5. The molecular formula is C23H33N7O3S. The van der Waals surface area contributed by atoms with Gasteiger partial charge in [0.2, 0.25) is 0 Å². The molecule has 0 atom stereocenters. The number of H-pyrrole nitrogens is 1. The Kier molecular flexibility index (Phi) is 4.69. The maximum Gasteiger partial charge on any atom is 0.264 e. The Bertz CT molecular complexity index is 1320. The zero-order chi connectivity index (χ0) is 24.0. The number of hydrogen-bond donors (Lipinski definition) is 4. The van der Waals surface area contributed by atoms with Gasteiger partial charge < -0.3 is 15.2 Å². The number of aromatic amines is 1. The van der Waals surface area contributed by atoms with Crippen LogP contribution in [-0.2, 0) is 7.05 Å². The minimum atomic E-state index is -2.65. The number of nitrogen functional groups attached to an aromatic ring is 1. The second kappa shape index (κ2) is 7.25. The first kappa shape index (κ1) is 22.0. The van der Waals surface area contributed by atoms with E-state index in [0.29, 0.717) is 41.6 Å². The Balaban J connectivity index is 1.45. The van der Waals surface area contributed by atoms with Crippen molar-refractivity contribution in [3.05, 3.63) is 22.6 Å². The van der Waals surface area contributed by atoms with Crippen LogP contribution in [0.3, 0.4) is 0 Å². The molecule has 184 valence electrons. The lowest BCUT2D eigenvalue weighted by molar-refractivity contribution is 0.386. The van der Waals surface area contributed by atoms with Crippen molar-refractivity contribution in [1.29, 1.82) is 0 Å².